The van der Waals surface area contributed by atoms with Gasteiger partial charge in [-0.2, -0.15) is 0 Å². The smallest absolute Gasteiger partial charge is 0.307 e. The number of carbonyl (C=O) groups excluding carboxylic acids is 1. The van der Waals surface area contributed by atoms with Crippen LogP contribution in [-0.4, -0.2) is 35.0 Å². The topological polar surface area (TPSA) is 88.5 Å². The number of pyridine rings is 1. The largest absolute Gasteiger partial charge is 0.494 e. The van der Waals surface area contributed by atoms with Crippen molar-refractivity contribution in [3.05, 3.63) is 87.5 Å². The summed E-state index contributed by atoms with van der Waals surface area (Å²) in [7, 11) is 0. The van der Waals surface area contributed by atoms with Gasteiger partial charge < -0.3 is 15.2 Å². The highest BCUT2D eigenvalue weighted by Gasteiger charge is 2.25. The molecule has 0 saturated carbocycles. The van der Waals surface area contributed by atoms with Crippen molar-refractivity contribution < 1.29 is 19.4 Å². The monoisotopic (exact) mass is 500 g/mol. The van der Waals surface area contributed by atoms with Crippen LogP contribution >= 0.6 is 23.2 Å². The third kappa shape index (κ3) is 7.47. The van der Waals surface area contributed by atoms with Crippen LogP contribution in [0, 0.1) is 12.8 Å². The number of carbonyl (C=O) groups is 2. The van der Waals surface area contributed by atoms with E-state index in [9.17, 15) is 14.7 Å². The molecule has 3 aromatic rings. The SMILES string of the molecule is Cc1cc(Cl)c(C(=O)C[C@@H](Cc2ccc(OCCCNc3ccccn3)cc2)C(=O)O)c(Cl)c1. The first-order chi connectivity index (χ1) is 16.3. The average Bonchev–Trinajstić information content (AvgIpc) is 2.79. The van der Waals surface area contributed by atoms with E-state index >= 15 is 0 Å². The van der Waals surface area contributed by atoms with E-state index in [1.807, 2.05) is 37.3 Å². The third-order valence-corrected chi connectivity index (χ3v) is 5.81. The lowest BCUT2D eigenvalue weighted by molar-refractivity contribution is -0.141. The van der Waals surface area contributed by atoms with Gasteiger partial charge in [0.1, 0.15) is 11.6 Å². The van der Waals surface area contributed by atoms with Crippen LogP contribution in [-0.2, 0) is 11.2 Å². The molecular weight excluding hydrogens is 475 g/mol. The Balaban J connectivity index is 1.51. The molecule has 0 radical (unpaired) electrons. The number of aliphatic carboxylic acids is 1. The number of Topliss-reactive ketones (excluding diaryl/α,β-unsaturated/α-hetero) is 1. The van der Waals surface area contributed by atoms with Gasteiger partial charge in [0.25, 0.3) is 0 Å². The Hall–Kier alpha value is -3.09. The normalized spacial score (nSPS) is 11.6. The third-order valence-electron chi connectivity index (χ3n) is 5.21. The molecule has 0 unspecified atom stereocenters. The van der Waals surface area contributed by atoms with Gasteiger partial charge in [-0.05, 0) is 67.3 Å². The average molecular weight is 501 g/mol. The predicted molar refractivity (Wildman–Crippen MR) is 134 cm³/mol. The number of aryl methyl sites for hydroxylation is 1. The van der Waals surface area contributed by atoms with Crippen molar-refractivity contribution >= 4 is 40.8 Å². The van der Waals surface area contributed by atoms with Gasteiger partial charge in [0.05, 0.1) is 28.1 Å². The van der Waals surface area contributed by atoms with Crippen LogP contribution in [0.4, 0.5) is 5.82 Å². The predicted octanol–water partition coefficient (Wildman–Crippen LogP) is 6.09. The van der Waals surface area contributed by atoms with Crippen molar-refractivity contribution in [1.29, 1.82) is 0 Å². The first kappa shape index (κ1) is 25.5. The Labute approximate surface area is 208 Å². The molecule has 0 aliphatic heterocycles. The number of anilines is 1. The van der Waals surface area contributed by atoms with Gasteiger partial charge in [0.2, 0.25) is 0 Å². The second-order valence-electron chi connectivity index (χ2n) is 7.96. The summed E-state index contributed by atoms with van der Waals surface area (Å²) < 4.78 is 5.75. The molecule has 3 rings (SSSR count). The molecule has 0 aliphatic carbocycles. The number of rotatable bonds is 12. The van der Waals surface area contributed by atoms with Gasteiger partial charge in [-0.15, -0.1) is 0 Å². The summed E-state index contributed by atoms with van der Waals surface area (Å²) in [6, 6.07) is 16.2. The highest BCUT2D eigenvalue weighted by molar-refractivity contribution is 6.40. The van der Waals surface area contributed by atoms with Crippen LogP contribution < -0.4 is 10.1 Å². The van der Waals surface area contributed by atoms with Crippen LogP contribution in [0.15, 0.2) is 60.8 Å². The summed E-state index contributed by atoms with van der Waals surface area (Å²) in [5, 5.41) is 13.3. The molecule has 1 atom stereocenters. The summed E-state index contributed by atoms with van der Waals surface area (Å²) in [5.41, 5.74) is 1.79. The maximum atomic E-state index is 12.8. The van der Waals surface area contributed by atoms with Crippen LogP contribution in [0.2, 0.25) is 10.0 Å². The van der Waals surface area contributed by atoms with E-state index in [4.69, 9.17) is 27.9 Å². The lowest BCUT2D eigenvalue weighted by Crippen LogP contribution is -2.21. The molecule has 2 N–H and O–H groups in total. The van der Waals surface area contributed by atoms with Gasteiger partial charge in [0.15, 0.2) is 5.78 Å². The zero-order valence-electron chi connectivity index (χ0n) is 18.8. The van der Waals surface area contributed by atoms with Crippen molar-refractivity contribution in [2.45, 2.75) is 26.2 Å². The zero-order chi connectivity index (χ0) is 24.5. The number of aromatic nitrogens is 1. The van der Waals surface area contributed by atoms with E-state index in [2.05, 4.69) is 10.3 Å². The molecule has 0 saturated heterocycles. The van der Waals surface area contributed by atoms with Crippen LogP contribution in [0.25, 0.3) is 0 Å². The molecule has 1 heterocycles. The van der Waals surface area contributed by atoms with E-state index in [-0.39, 0.29) is 34.2 Å². The molecule has 0 aliphatic rings. The summed E-state index contributed by atoms with van der Waals surface area (Å²) in [6.07, 6.45) is 2.54. The van der Waals surface area contributed by atoms with Crippen molar-refractivity contribution in [3.63, 3.8) is 0 Å². The minimum absolute atomic E-state index is 0.168. The van der Waals surface area contributed by atoms with Crippen molar-refractivity contribution in [2.24, 2.45) is 5.92 Å². The van der Waals surface area contributed by atoms with Crippen molar-refractivity contribution in [1.82, 2.24) is 4.98 Å². The van der Waals surface area contributed by atoms with E-state index in [1.54, 1.807) is 30.5 Å². The highest BCUT2D eigenvalue weighted by Crippen LogP contribution is 2.29. The molecule has 0 fully saturated rings. The molecule has 0 bridgehead atoms. The number of nitrogens with one attached hydrogen (secondary N) is 1. The number of hydrogen-bond acceptors (Lipinski definition) is 5. The van der Waals surface area contributed by atoms with Gasteiger partial charge >= 0.3 is 5.97 Å². The number of carboxylic acids is 1. The zero-order valence-corrected chi connectivity index (χ0v) is 20.3. The quantitative estimate of drug-likeness (QED) is 0.231. The first-order valence-corrected chi connectivity index (χ1v) is 11.7. The van der Waals surface area contributed by atoms with Gasteiger partial charge in [-0.1, -0.05) is 41.4 Å². The van der Waals surface area contributed by atoms with Gasteiger partial charge in [-0.3, -0.25) is 9.59 Å². The molecule has 1 aromatic heterocycles. The second kappa shape index (κ2) is 12.4. The van der Waals surface area contributed by atoms with Crippen LogP contribution in [0.5, 0.6) is 5.75 Å². The number of ketones is 1. The summed E-state index contributed by atoms with van der Waals surface area (Å²) in [6.45, 7) is 3.08. The Morgan fingerprint density at radius 3 is 2.41 bits per heavy atom. The fraction of sp³-hybridized carbons (Fsp3) is 0.269. The molecule has 8 heteroatoms. The Morgan fingerprint density at radius 2 is 1.79 bits per heavy atom. The first-order valence-electron chi connectivity index (χ1n) is 10.9. The van der Waals surface area contributed by atoms with Crippen molar-refractivity contribution in [2.75, 3.05) is 18.5 Å². The molecule has 0 spiro atoms. The fourth-order valence-electron chi connectivity index (χ4n) is 3.49. The lowest BCUT2D eigenvalue weighted by Gasteiger charge is -2.14. The van der Waals surface area contributed by atoms with Gasteiger partial charge in [-0.25, -0.2) is 4.98 Å². The minimum atomic E-state index is -1.05. The van der Waals surface area contributed by atoms with E-state index in [0.29, 0.717) is 12.4 Å². The summed E-state index contributed by atoms with van der Waals surface area (Å²) >= 11 is 12.4. The van der Waals surface area contributed by atoms with Crippen molar-refractivity contribution in [3.8, 4) is 5.75 Å². The van der Waals surface area contributed by atoms with Gasteiger partial charge in [0, 0.05) is 19.2 Å². The Kier molecular flexibility index (Phi) is 9.31. The minimum Gasteiger partial charge on any atom is -0.494 e. The molecule has 6 nitrogen and oxygen atoms in total. The molecule has 0 amide bonds. The molecule has 34 heavy (non-hydrogen) atoms. The number of hydrogen-bond donors (Lipinski definition) is 2. The Bertz CT molecular complexity index is 1100. The van der Waals surface area contributed by atoms with E-state index in [1.165, 1.54) is 0 Å². The second-order valence-corrected chi connectivity index (χ2v) is 8.77. The number of halogens is 2. The fourth-order valence-corrected chi connectivity index (χ4v) is 4.30. The van der Waals surface area contributed by atoms with Crippen LogP contribution in [0.3, 0.4) is 0 Å². The highest BCUT2D eigenvalue weighted by atomic mass is 35.5. The number of carboxylic acid groups (broad SMARTS) is 1. The maximum Gasteiger partial charge on any atom is 0.307 e. The van der Waals surface area contributed by atoms with E-state index < -0.39 is 11.9 Å². The summed E-state index contributed by atoms with van der Waals surface area (Å²) in [5.74, 6) is -0.812. The van der Waals surface area contributed by atoms with Crippen LogP contribution in [0.1, 0.15) is 34.3 Å². The maximum absolute atomic E-state index is 12.8. The Morgan fingerprint density at radius 1 is 1.09 bits per heavy atom. The lowest BCUT2D eigenvalue weighted by atomic mass is 9.92. The number of ether oxygens (including phenoxy) is 1. The molecule has 178 valence electrons. The molecule has 2 aromatic carbocycles. The number of nitrogens with zero attached hydrogens (tertiary/aromatic N) is 1. The number of benzene rings is 2. The summed E-state index contributed by atoms with van der Waals surface area (Å²) in [4.78, 5) is 28.8. The molecular formula is C26H26Cl2N2O4. The standard InChI is InChI=1S/C26H26Cl2N2O4/c1-17-13-21(27)25(22(28)14-17)23(31)16-19(26(32)33)15-18-6-8-20(9-7-18)34-12-4-11-30-24-5-2-3-10-29-24/h2-3,5-10,13-14,19H,4,11-12,15-16H2,1H3,(H,29,30)(H,32,33)/t19-/m1/s1. The van der Waals surface area contributed by atoms with E-state index in [0.717, 1.165) is 29.9 Å².